The Morgan fingerprint density at radius 1 is 1.12 bits per heavy atom. The van der Waals surface area contributed by atoms with Crippen LogP contribution in [0.3, 0.4) is 0 Å². The first kappa shape index (κ1) is 24.0. The fourth-order valence-corrected chi connectivity index (χ4v) is 5.83. The third-order valence-electron chi connectivity index (χ3n) is 5.51. The molecule has 1 saturated heterocycles. The number of carbonyl (C=O) groups is 1. The van der Waals surface area contributed by atoms with Crippen LogP contribution in [0.15, 0.2) is 40.6 Å². The molecular weight excluding hydrogens is 476 g/mol. The molecule has 1 amide bonds. The van der Waals surface area contributed by atoms with Gasteiger partial charge in [0.05, 0.1) is 17.2 Å². The van der Waals surface area contributed by atoms with Gasteiger partial charge in [0.15, 0.2) is 10.3 Å². The van der Waals surface area contributed by atoms with E-state index in [9.17, 15) is 4.79 Å². The summed E-state index contributed by atoms with van der Waals surface area (Å²) in [7, 11) is 0. The van der Waals surface area contributed by atoms with Crippen LogP contribution in [0.4, 0.5) is 0 Å². The summed E-state index contributed by atoms with van der Waals surface area (Å²) in [4.78, 5) is 23.9. The fourth-order valence-electron chi connectivity index (χ4n) is 3.93. The van der Waals surface area contributed by atoms with Crippen molar-refractivity contribution in [3.05, 3.63) is 52.6 Å². The zero-order valence-corrected chi connectivity index (χ0v) is 21.4. The molecule has 0 unspecified atom stereocenters. The van der Waals surface area contributed by atoms with E-state index in [1.54, 1.807) is 0 Å². The Morgan fingerprint density at radius 3 is 2.64 bits per heavy atom. The molecule has 10 heteroatoms. The summed E-state index contributed by atoms with van der Waals surface area (Å²) < 4.78 is 1.97. The highest BCUT2D eigenvalue weighted by atomic mass is 35.5. The number of piperidine rings is 1. The summed E-state index contributed by atoms with van der Waals surface area (Å²) in [6, 6.07) is 9.83. The molecule has 0 aliphatic carbocycles. The minimum absolute atomic E-state index is 0.146. The zero-order chi connectivity index (χ0) is 23.4. The molecule has 1 aromatic carbocycles. The lowest BCUT2D eigenvalue weighted by Crippen LogP contribution is -2.42. The van der Waals surface area contributed by atoms with Crippen molar-refractivity contribution in [2.75, 3.05) is 12.3 Å². The summed E-state index contributed by atoms with van der Waals surface area (Å²) in [5.41, 5.74) is 2.73. The number of hydrogen-bond donors (Lipinski definition) is 0. The standard InChI is InChI=1S/C23H27ClN6OS2/c1-15-11-16(2)26-22(25-15)32-13-20-27-28-23(30(20)19-9-6-8-18(24)12-19)33-14-21(31)29-10-5-4-7-17(29)3/h6,8-9,11-12,17H,4-5,7,10,13-14H2,1-3H3/t17-/m1/s1. The van der Waals surface area contributed by atoms with Gasteiger partial charge in [0.2, 0.25) is 5.91 Å². The number of aromatic nitrogens is 5. The van der Waals surface area contributed by atoms with Crippen molar-refractivity contribution in [1.82, 2.24) is 29.6 Å². The van der Waals surface area contributed by atoms with Crippen LogP contribution in [0.5, 0.6) is 0 Å². The molecule has 174 valence electrons. The predicted molar refractivity (Wildman–Crippen MR) is 133 cm³/mol. The number of aryl methyl sites for hydroxylation is 2. The maximum atomic E-state index is 12.9. The summed E-state index contributed by atoms with van der Waals surface area (Å²) in [5, 5.41) is 10.9. The molecule has 1 fully saturated rings. The first-order valence-corrected chi connectivity index (χ1v) is 13.3. The quantitative estimate of drug-likeness (QED) is 0.328. The molecule has 0 radical (unpaired) electrons. The molecule has 1 aliphatic heterocycles. The van der Waals surface area contributed by atoms with Crippen LogP contribution < -0.4 is 0 Å². The van der Waals surface area contributed by atoms with Gasteiger partial charge in [0, 0.05) is 29.0 Å². The third kappa shape index (κ3) is 6.07. The summed E-state index contributed by atoms with van der Waals surface area (Å²) in [5.74, 6) is 1.77. The Bertz CT molecular complexity index is 1120. The fraction of sp³-hybridized carbons (Fsp3) is 0.435. The van der Waals surface area contributed by atoms with Gasteiger partial charge in [-0.15, -0.1) is 10.2 Å². The number of nitrogens with zero attached hydrogens (tertiary/aromatic N) is 6. The number of thioether (sulfide) groups is 2. The van der Waals surface area contributed by atoms with Gasteiger partial charge in [-0.3, -0.25) is 9.36 Å². The molecule has 0 bridgehead atoms. The summed E-state index contributed by atoms with van der Waals surface area (Å²) in [6.07, 6.45) is 3.32. The Hall–Kier alpha value is -2.10. The first-order chi connectivity index (χ1) is 15.9. The molecule has 0 N–H and O–H groups in total. The number of halogens is 1. The molecule has 0 saturated carbocycles. The predicted octanol–water partition coefficient (Wildman–Crippen LogP) is 5.11. The Balaban J connectivity index is 1.55. The second kappa shape index (κ2) is 10.9. The maximum absolute atomic E-state index is 12.9. The van der Waals surface area contributed by atoms with Gasteiger partial charge in [-0.1, -0.05) is 41.2 Å². The number of amides is 1. The second-order valence-corrected chi connectivity index (χ2v) is 10.5. The topological polar surface area (TPSA) is 76.8 Å². The highest BCUT2D eigenvalue weighted by Crippen LogP contribution is 2.28. The average Bonchev–Trinajstić information content (AvgIpc) is 3.18. The van der Waals surface area contributed by atoms with Crippen LogP contribution in [0, 0.1) is 13.8 Å². The molecule has 3 aromatic rings. The van der Waals surface area contributed by atoms with Crippen molar-refractivity contribution < 1.29 is 4.79 Å². The van der Waals surface area contributed by atoms with Crippen LogP contribution >= 0.6 is 35.1 Å². The lowest BCUT2D eigenvalue weighted by atomic mass is 10.0. The van der Waals surface area contributed by atoms with Crippen LogP contribution in [0.25, 0.3) is 5.69 Å². The zero-order valence-electron chi connectivity index (χ0n) is 19.0. The van der Waals surface area contributed by atoms with E-state index in [0.717, 1.165) is 42.3 Å². The molecular formula is C23H27ClN6OS2. The molecule has 7 nitrogen and oxygen atoms in total. The van der Waals surface area contributed by atoms with Gasteiger partial charge < -0.3 is 4.90 Å². The Morgan fingerprint density at radius 2 is 1.91 bits per heavy atom. The van der Waals surface area contributed by atoms with E-state index >= 15 is 0 Å². The van der Waals surface area contributed by atoms with Gasteiger partial charge >= 0.3 is 0 Å². The molecule has 0 spiro atoms. The van der Waals surface area contributed by atoms with Crippen molar-refractivity contribution in [2.45, 2.75) is 62.1 Å². The molecule has 33 heavy (non-hydrogen) atoms. The van der Waals surface area contributed by atoms with Gasteiger partial charge in [0.25, 0.3) is 0 Å². The molecule has 1 atom stereocenters. The highest BCUT2D eigenvalue weighted by Gasteiger charge is 2.24. The maximum Gasteiger partial charge on any atom is 0.233 e. The van der Waals surface area contributed by atoms with Crippen molar-refractivity contribution in [1.29, 1.82) is 0 Å². The van der Waals surface area contributed by atoms with E-state index < -0.39 is 0 Å². The van der Waals surface area contributed by atoms with E-state index in [4.69, 9.17) is 11.6 Å². The molecule has 4 rings (SSSR count). The number of carbonyl (C=O) groups excluding carboxylic acids is 1. The lowest BCUT2D eigenvalue weighted by molar-refractivity contribution is -0.131. The van der Waals surface area contributed by atoms with Crippen molar-refractivity contribution in [3.8, 4) is 5.69 Å². The number of likely N-dealkylation sites (tertiary alicyclic amines) is 1. The van der Waals surface area contributed by atoms with E-state index in [-0.39, 0.29) is 5.91 Å². The summed E-state index contributed by atoms with van der Waals surface area (Å²) in [6.45, 7) is 6.88. The van der Waals surface area contributed by atoms with E-state index in [1.165, 1.54) is 29.9 Å². The van der Waals surface area contributed by atoms with Crippen LogP contribution in [0.1, 0.15) is 43.4 Å². The number of benzene rings is 1. The second-order valence-electron chi connectivity index (χ2n) is 8.16. The van der Waals surface area contributed by atoms with Crippen LogP contribution in [-0.4, -0.2) is 53.9 Å². The van der Waals surface area contributed by atoms with Crippen molar-refractivity contribution >= 4 is 41.0 Å². The molecule has 1 aliphatic rings. The van der Waals surface area contributed by atoms with Gasteiger partial charge in [-0.2, -0.15) is 0 Å². The van der Waals surface area contributed by atoms with E-state index in [2.05, 4.69) is 27.1 Å². The average molecular weight is 503 g/mol. The monoisotopic (exact) mass is 502 g/mol. The smallest absolute Gasteiger partial charge is 0.233 e. The lowest BCUT2D eigenvalue weighted by Gasteiger charge is -2.33. The number of rotatable bonds is 7. The van der Waals surface area contributed by atoms with Crippen molar-refractivity contribution in [3.63, 3.8) is 0 Å². The van der Waals surface area contributed by atoms with E-state index in [1.807, 2.05) is 53.6 Å². The normalized spacial score (nSPS) is 16.2. The Labute approximate surface area is 207 Å². The SMILES string of the molecule is Cc1cc(C)nc(SCc2nnc(SCC(=O)N3CCCC[C@H]3C)n2-c2cccc(Cl)c2)n1. The van der Waals surface area contributed by atoms with Gasteiger partial charge in [-0.25, -0.2) is 9.97 Å². The van der Waals surface area contributed by atoms with Gasteiger partial charge in [-0.05, 0) is 64.3 Å². The Kier molecular flexibility index (Phi) is 7.93. The number of hydrogen-bond acceptors (Lipinski definition) is 7. The minimum Gasteiger partial charge on any atom is -0.339 e. The molecule has 3 heterocycles. The third-order valence-corrected chi connectivity index (χ3v) is 7.50. The van der Waals surface area contributed by atoms with Crippen LogP contribution in [0.2, 0.25) is 5.02 Å². The van der Waals surface area contributed by atoms with Crippen LogP contribution in [-0.2, 0) is 10.5 Å². The largest absolute Gasteiger partial charge is 0.339 e. The van der Waals surface area contributed by atoms with Crippen molar-refractivity contribution in [2.24, 2.45) is 0 Å². The van der Waals surface area contributed by atoms with Gasteiger partial charge in [0.1, 0.15) is 5.82 Å². The molecule has 2 aromatic heterocycles. The first-order valence-electron chi connectivity index (χ1n) is 11.0. The van der Waals surface area contributed by atoms with E-state index in [0.29, 0.717) is 32.9 Å². The minimum atomic E-state index is 0.146. The summed E-state index contributed by atoms with van der Waals surface area (Å²) >= 11 is 9.20. The highest BCUT2D eigenvalue weighted by molar-refractivity contribution is 7.99.